The lowest BCUT2D eigenvalue weighted by Crippen LogP contribution is -2.32. The highest BCUT2D eigenvalue weighted by Crippen LogP contribution is 2.33. The van der Waals surface area contributed by atoms with Gasteiger partial charge < -0.3 is 0 Å². The second kappa shape index (κ2) is 4.05. The van der Waals surface area contributed by atoms with E-state index in [9.17, 15) is 9.18 Å². The monoisotopic (exact) mass is 216 g/mol. The maximum atomic E-state index is 13.2. The number of allylic oxidation sites excluding steroid dienone is 4. The van der Waals surface area contributed by atoms with E-state index in [-0.39, 0.29) is 11.6 Å². The number of benzene rings is 1. The first-order valence-electron chi connectivity index (χ1n) is 5.26. The molecule has 2 rings (SSSR count). The van der Waals surface area contributed by atoms with E-state index in [2.05, 4.69) is 0 Å². The van der Waals surface area contributed by atoms with Crippen LogP contribution >= 0.6 is 0 Å². The quantitative estimate of drug-likeness (QED) is 0.742. The summed E-state index contributed by atoms with van der Waals surface area (Å²) in [6.45, 7) is 1.55. The van der Waals surface area contributed by atoms with Crippen molar-refractivity contribution in [2.45, 2.75) is 18.8 Å². The molecule has 1 atom stereocenters. The van der Waals surface area contributed by atoms with E-state index in [0.717, 1.165) is 5.56 Å². The van der Waals surface area contributed by atoms with Crippen LogP contribution in [0.15, 0.2) is 48.6 Å². The Labute approximate surface area is 94.3 Å². The van der Waals surface area contributed by atoms with Gasteiger partial charge in [-0.15, -0.1) is 0 Å². The van der Waals surface area contributed by atoms with Crippen LogP contribution in [0.3, 0.4) is 0 Å². The Balaban J connectivity index is 2.52. The van der Waals surface area contributed by atoms with Crippen LogP contribution in [-0.2, 0) is 10.2 Å². The van der Waals surface area contributed by atoms with E-state index in [4.69, 9.17) is 0 Å². The Hall–Kier alpha value is -1.70. The summed E-state index contributed by atoms with van der Waals surface area (Å²) in [5.74, 6) is -0.264. The molecule has 1 aromatic rings. The molecule has 82 valence electrons. The molecule has 0 radical (unpaired) electrons. The van der Waals surface area contributed by atoms with Gasteiger partial charge in [0.2, 0.25) is 0 Å². The summed E-state index contributed by atoms with van der Waals surface area (Å²) >= 11 is 0. The van der Waals surface area contributed by atoms with Crippen molar-refractivity contribution < 1.29 is 9.18 Å². The molecule has 0 fully saturated rings. The number of hydrogen-bond donors (Lipinski definition) is 0. The normalized spacial score (nSPS) is 23.4. The summed E-state index contributed by atoms with van der Waals surface area (Å²) in [6, 6.07) is 6.26. The van der Waals surface area contributed by atoms with Crippen LogP contribution in [0.2, 0.25) is 0 Å². The van der Waals surface area contributed by atoms with E-state index in [0.29, 0.717) is 6.42 Å². The molecule has 0 heterocycles. The van der Waals surface area contributed by atoms with Gasteiger partial charge in [-0.05, 0) is 31.0 Å². The van der Waals surface area contributed by atoms with Gasteiger partial charge in [-0.1, -0.05) is 36.4 Å². The van der Waals surface area contributed by atoms with Gasteiger partial charge in [0.25, 0.3) is 0 Å². The second-order valence-corrected chi connectivity index (χ2v) is 4.03. The Morgan fingerprint density at radius 2 is 2.19 bits per heavy atom. The molecule has 0 aliphatic heterocycles. The van der Waals surface area contributed by atoms with Crippen molar-refractivity contribution in [3.63, 3.8) is 0 Å². The smallest absolute Gasteiger partial charge is 0.144 e. The maximum absolute atomic E-state index is 13.2. The number of carbonyl (C=O) groups excluding carboxylic acids is 1. The highest BCUT2D eigenvalue weighted by molar-refractivity contribution is 5.91. The van der Waals surface area contributed by atoms with Crippen LogP contribution in [0.1, 0.15) is 18.9 Å². The van der Waals surface area contributed by atoms with Gasteiger partial charge in [-0.25, -0.2) is 4.39 Å². The first-order valence-corrected chi connectivity index (χ1v) is 5.26. The third-order valence-electron chi connectivity index (χ3n) is 3.04. The third kappa shape index (κ3) is 1.71. The summed E-state index contributed by atoms with van der Waals surface area (Å²) in [6.07, 6.45) is 8.13. The second-order valence-electron chi connectivity index (χ2n) is 4.03. The molecular formula is C14H13FO. The van der Waals surface area contributed by atoms with Gasteiger partial charge in [0.05, 0.1) is 5.41 Å². The van der Waals surface area contributed by atoms with Gasteiger partial charge in [-0.3, -0.25) is 4.79 Å². The first-order chi connectivity index (χ1) is 7.65. The molecule has 1 nitrogen and oxygen atoms in total. The molecule has 0 amide bonds. The fourth-order valence-electron chi connectivity index (χ4n) is 2.06. The van der Waals surface area contributed by atoms with Gasteiger partial charge in [0.1, 0.15) is 11.6 Å². The third-order valence-corrected chi connectivity index (χ3v) is 3.04. The predicted octanol–water partition coefficient (Wildman–Crippen LogP) is 3.17. The number of ketones is 1. The number of carbonyl (C=O) groups is 1. The number of Topliss-reactive ketones (excluding diaryl/α,β-unsaturated/α-hetero) is 1. The lowest BCUT2D eigenvalue weighted by molar-refractivity contribution is -0.120. The molecule has 1 aliphatic rings. The van der Waals surface area contributed by atoms with Crippen molar-refractivity contribution in [2.24, 2.45) is 0 Å². The summed E-state index contributed by atoms with van der Waals surface area (Å²) in [5.41, 5.74) is 0.0391. The minimum absolute atomic E-state index is 0.0405. The molecule has 16 heavy (non-hydrogen) atoms. The predicted molar refractivity (Wildman–Crippen MR) is 61.7 cm³/mol. The molecule has 2 heteroatoms. The van der Waals surface area contributed by atoms with Gasteiger partial charge >= 0.3 is 0 Å². The van der Waals surface area contributed by atoms with Crippen LogP contribution in [0, 0.1) is 5.82 Å². The summed E-state index contributed by atoms with van der Waals surface area (Å²) in [7, 11) is 0. The number of rotatable bonds is 2. The Kier molecular flexibility index (Phi) is 2.73. The summed E-state index contributed by atoms with van der Waals surface area (Å²) in [4.78, 5) is 11.8. The Morgan fingerprint density at radius 3 is 2.75 bits per heavy atom. The van der Waals surface area contributed by atoms with Crippen LogP contribution in [-0.4, -0.2) is 5.78 Å². The highest BCUT2D eigenvalue weighted by atomic mass is 19.1. The average Bonchev–Trinajstić information content (AvgIpc) is 2.30. The van der Waals surface area contributed by atoms with Gasteiger partial charge in [0.15, 0.2) is 0 Å². The maximum Gasteiger partial charge on any atom is 0.144 e. The minimum atomic E-state index is -0.684. The standard InChI is InChI=1S/C14H13FO/c1-11(16)14(8-3-2-4-9-14)12-6-5-7-13(15)10-12/h2-8,10H,9H2,1H3. The first kappa shape index (κ1) is 10.8. The van der Waals surface area contributed by atoms with E-state index < -0.39 is 5.41 Å². The van der Waals surface area contributed by atoms with Crippen LogP contribution < -0.4 is 0 Å². The minimum Gasteiger partial charge on any atom is -0.299 e. The molecule has 0 saturated heterocycles. The van der Waals surface area contributed by atoms with E-state index >= 15 is 0 Å². The molecule has 0 bridgehead atoms. The lowest BCUT2D eigenvalue weighted by atomic mass is 9.73. The molecule has 1 aromatic carbocycles. The van der Waals surface area contributed by atoms with E-state index in [1.807, 2.05) is 24.3 Å². The molecule has 0 spiro atoms. The number of hydrogen-bond acceptors (Lipinski definition) is 1. The van der Waals surface area contributed by atoms with E-state index in [1.165, 1.54) is 12.1 Å². The fourth-order valence-corrected chi connectivity index (χ4v) is 2.06. The molecule has 1 aliphatic carbocycles. The molecule has 0 saturated carbocycles. The molecular weight excluding hydrogens is 203 g/mol. The fraction of sp³-hybridized carbons (Fsp3) is 0.214. The summed E-state index contributed by atoms with van der Waals surface area (Å²) in [5, 5.41) is 0. The Bertz CT molecular complexity index is 473. The number of halogens is 1. The zero-order chi connectivity index (χ0) is 11.6. The van der Waals surface area contributed by atoms with Crippen molar-refractivity contribution in [3.8, 4) is 0 Å². The van der Waals surface area contributed by atoms with Crippen molar-refractivity contribution in [1.82, 2.24) is 0 Å². The van der Waals surface area contributed by atoms with E-state index in [1.54, 1.807) is 19.1 Å². The zero-order valence-electron chi connectivity index (χ0n) is 9.11. The van der Waals surface area contributed by atoms with Crippen molar-refractivity contribution >= 4 is 5.78 Å². The Morgan fingerprint density at radius 1 is 1.38 bits per heavy atom. The molecule has 0 N–H and O–H groups in total. The average molecular weight is 216 g/mol. The zero-order valence-corrected chi connectivity index (χ0v) is 9.11. The topological polar surface area (TPSA) is 17.1 Å². The van der Waals surface area contributed by atoms with Crippen molar-refractivity contribution in [2.75, 3.05) is 0 Å². The van der Waals surface area contributed by atoms with Crippen molar-refractivity contribution in [3.05, 3.63) is 60.0 Å². The summed E-state index contributed by atoms with van der Waals surface area (Å²) < 4.78 is 13.2. The van der Waals surface area contributed by atoms with Crippen LogP contribution in [0.5, 0.6) is 0 Å². The van der Waals surface area contributed by atoms with Gasteiger partial charge in [0, 0.05) is 0 Å². The SMILES string of the molecule is CC(=O)C1(c2cccc(F)c2)C=CC=CC1. The van der Waals surface area contributed by atoms with Crippen molar-refractivity contribution in [1.29, 1.82) is 0 Å². The van der Waals surface area contributed by atoms with Crippen LogP contribution in [0.4, 0.5) is 4.39 Å². The van der Waals surface area contributed by atoms with Crippen LogP contribution in [0.25, 0.3) is 0 Å². The lowest BCUT2D eigenvalue weighted by Gasteiger charge is -2.29. The largest absolute Gasteiger partial charge is 0.299 e. The highest BCUT2D eigenvalue weighted by Gasteiger charge is 2.34. The molecule has 0 aromatic heterocycles. The van der Waals surface area contributed by atoms with Gasteiger partial charge in [-0.2, -0.15) is 0 Å². The molecule has 1 unspecified atom stereocenters.